The van der Waals surface area contributed by atoms with Crippen LogP contribution < -0.4 is 15.1 Å². The Hall–Kier alpha value is -3.04. The fraction of sp³-hybridized carbons (Fsp3) is 0.364. The molecule has 0 unspecified atom stereocenters. The molecule has 1 fully saturated rings. The maximum absolute atomic E-state index is 5.94. The molecule has 4 heterocycles. The number of nitrogens with zero attached hydrogens (tertiary/aromatic N) is 5. The van der Waals surface area contributed by atoms with Crippen LogP contribution in [0.15, 0.2) is 47.7 Å². The quantitative estimate of drug-likeness (QED) is 0.405. The Balaban J connectivity index is 1.46. The van der Waals surface area contributed by atoms with Crippen molar-refractivity contribution >= 4 is 28.4 Å². The summed E-state index contributed by atoms with van der Waals surface area (Å²) in [6.45, 7) is 5.56. The molecule has 0 amide bonds. The Morgan fingerprint density at radius 1 is 1.23 bits per heavy atom. The SMILES string of the molecule is CCc1ccc(NN=Cc2nc(OCCc3ccccn3)cc(N3CCOCC3)n2)s1. The fourth-order valence-corrected chi connectivity index (χ4v) is 3.90. The minimum atomic E-state index is 0.487. The van der Waals surface area contributed by atoms with Crippen LogP contribution in [0, 0.1) is 0 Å². The van der Waals surface area contributed by atoms with Crippen molar-refractivity contribution in [1.82, 2.24) is 15.0 Å². The van der Waals surface area contributed by atoms with Crippen molar-refractivity contribution in [3.05, 3.63) is 59.0 Å². The summed E-state index contributed by atoms with van der Waals surface area (Å²) < 4.78 is 11.4. The lowest BCUT2D eigenvalue weighted by molar-refractivity contribution is 0.122. The summed E-state index contributed by atoms with van der Waals surface area (Å²) >= 11 is 1.69. The minimum absolute atomic E-state index is 0.487. The van der Waals surface area contributed by atoms with Crippen LogP contribution in [0.3, 0.4) is 0 Å². The van der Waals surface area contributed by atoms with Gasteiger partial charge in [0.25, 0.3) is 0 Å². The Kier molecular flexibility index (Phi) is 7.41. The number of aryl methyl sites for hydroxylation is 1. The molecule has 0 aliphatic carbocycles. The summed E-state index contributed by atoms with van der Waals surface area (Å²) in [7, 11) is 0. The molecule has 162 valence electrons. The number of nitrogens with one attached hydrogen (secondary N) is 1. The number of pyridine rings is 1. The van der Waals surface area contributed by atoms with Crippen molar-refractivity contribution in [3.8, 4) is 5.88 Å². The molecular formula is C22H26N6O2S. The van der Waals surface area contributed by atoms with E-state index in [0.717, 1.165) is 36.0 Å². The molecule has 9 heteroatoms. The van der Waals surface area contributed by atoms with Gasteiger partial charge in [0, 0.05) is 42.3 Å². The highest BCUT2D eigenvalue weighted by Gasteiger charge is 2.15. The van der Waals surface area contributed by atoms with Gasteiger partial charge in [-0.1, -0.05) is 13.0 Å². The number of hydrogen-bond acceptors (Lipinski definition) is 9. The summed E-state index contributed by atoms with van der Waals surface area (Å²) in [6, 6.07) is 11.9. The van der Waals surface area contributed by atoms with Gasteiger partial charge in [-0.25, -0.2) is 4.98 Å². The van der Waals surface area contributed by atoms with Gasteiger partial charge in [-0.15, -0.1) is 11.3 Å². The van der Waals surface area contributed by atoms with E-state index in [4.69, 9.17) is 9.47 Å². The first-order chi connectivity index (χ1) is 15.3. The standard InChI is InChI=1S/C22H26N6O2S/c1-2-18-6-7-22(31-18)27-24-16-19-25-20(28-10-13-29-14-11-28)15-21(26-19)30-12-8-17-5-3-4-9-23-17/h3-7,9,15-16,27H,2,8,10-14H2,1H3. The summed E-state index contributed by atoms with van der Waals surface area (Å²) in [6.07, 6.45) is 5.14. The van der Waals surface area contributed by atoms with Crippen LogP contribution in [-0.4, -0.2) is 54.1 Å². The second-order valence-corrected chi connectivity index (χ2v) is 8.10. The Morgan fingerprint density at radius 2 is 2.13 bits per heavy atom. The molecule has 0 radical (unpaired) electrons. The molecule has 1 saturated heterocycles. The van der Waals surface area contributed by atoms with Crippen molar-refractivity contribution in [2.75, 3.05) is 43.2 Å². The van der Waals surface area contributed by atoms with Crippen LogP contribution in [0.1, 0.15) is 23.3 Å². The number of ether oxygens (including phenoxy) is 2. The van der Waals surface area contributed by atoms with Crippen molar-refractivity contribution in [3.63, 3.8) is 0 Å². The number of anilines is 2. The molecule has 3 aromatic rings. The van der Waals surface area contributed by atoms with Gasteiger partial charge >= 0.3 is 0 Å². The first-order valence-corrected chi connectivity index (χ1v) is 11.2. The topological polar surface area (TPSA) is 84.8 Å². The van der Waals surface area contributed by atoms with E-state index in [1.54, 1.807) is 23.7 Å². The Labute approximate surface area is 186 Å². The van der Waals surface area contributed by atoms with Crippen LogP contribution in [0.25, 0.3) is 0 Å². The minimum Gasteiger partial charge on any atom is -0.477 e. The molecule has 0 atom stereocenters. The van der Waals surface area contributed by atoms with Crippen LogP contribution in [-0.2, 0) is 17.6 Å². The highest BCUT2D eigenvalue weighted by atomic mass is 32.1. The first-order valence-electron chi connectivity index (χ1n) is 10.4. The third-order valence-corrected chi connectivity index (χ3v) is 5.87. The van der Waals surface area contributed by atoms with Gasteiger partial charge in [0.2, 0.25) is 5.88 Å². The summed E-state index contributed by atoms with van der Waals surface area (Å²) in [5.41, 5.74) is 4.04. The third-order valence-electron chi connectivity index (χ3n) is 4.74. The lowest BCUT2D eigenvalue weighted by Crippen LogP contribution is -2.37. The van der Waals surface area contributed by atoms with Gasteiger partial charge in [0.15, 0.2) is 5.82 Å². The predicted molar refractivity (Wildman–Crippen MR) is 123 cm³/mol. The van der Waals surface area contributed by atoms with Gasteiger partial charge in [0.05, 0.1) is 26.0 Å². The summed E-state index contributed by atoms with van der Waals surface area (Å²) in [5, 5.41) is 5.31. The zero-order valence-electron chi connectivity index (χ0n) is 17.5. The largest absolute Gasteiger partial charge is 0.477 e. The second-order valence-electron chi connectivity index (χ2n) is 6.93. The van der Waals surface area contributed by atoms with Crippen molar-refractivity contribution in [1.29, 1.82) is 0 Å². The molecule has 1 aliphatic rings. The van der Waals surface area contributed by atoms with Crippen molar-refractivity contribution in [2.24, 2.45) is 5.10 Å². The van der Waals surface area contributed by atoms with Gasteiger partial charge < -0.3 is 14.4 Å². The van der Waals surface area contributed by atoms with Crippen molar-refractivity contribution < 1.29 is 9.47 Å². The molecule has 1 aliphatic heterocycles. The Bertz CT molecular complexity index is 989. The number of morpholine rings is 1. The van der Waals surface area contributed by atoms with E-state index in [0.29, 0.717) is 37.9 Å². The van der Waals surface area contributed by atoms with Crippen LogP contribution in [0.2, 0.25) is 0 Å². The average molecular weight is 439 g/mol. The molecule has 1 N–H and O–H groups in total. The van der Waals surface area contributed by atoms with Gasteiger partial charge in [-0.3, -0.25) is 10.4 Å². The van der Waals surface area contributed by atoms with Crippen LogP contribution in [0.5, 0.6) is 5.88 Å². The van der Waals surface area contributed by atoms with Gasteiger partial charge in [-0.2, -0.15) is 10.1 Å². The second kappa shape index (κ2) is 10.8. The number of hydrazone groups is 1. The molecule has 0 saturated carbocycles. The van der Waals surface area contributed by atoms with E-state index >= 15 is 0 Å². The number of hydrogen-bond donors (Lipinski definition) is 1. The number of rotatable bonds is 9. The van der Waals surface area contributed by atoms with E-state index in [1.165, 1.54) is 4.88 Å². The zero-order chi connectivity index (χ0) is 21.3. The predicted octanol–water partition coefficient (Wildman–Crippen LogP) is 3.40. The normalized spacial score (nSPS) is 14.2. The smallest absolute Gasteiger partial charge is 0.219 e. The molecule has 31 heavy (non-hydrogen) atoms. The molecule has 0 bridgehead atoms. The molecular weight excluding hydrogens is 412 g/mol. The lowest BCUT2D eigenvalue weighted by atomic mass is 10.3. The summed E-state index contributed by atoms with van der Waals surface area (Å²) in [5.74, 6) is 1.84. The van der Waals surface area contributed by atoms with E-state index < -0.39 is 0 Å². The molecule has 3 aromatic heterocycles. The maximum Gasteiger partial charge on any atom is 0.219 e. The zero-order valence-corrected chi connectivity index (χ0v) is 18.3. The summed E-state index contributed by atoms with van der Waals surface area (Å²) in [4.78, 5) is 17.0. The molecule has 0 aromatic carbocycles. The van der Waals surface area contributed by atoms with Gasteiger partial charge in [0.1, 0.15) is 10.8 Å². The first kappa shape index (κ1) is 21.2. The number of aromatic nitrogens is 3. The fourth-order valence-electron chi connectivity index (χ4n) is 3.10. The monoisotopic (exact) mass is 438 g/mol. The van der Waals surface area contributed by atoms with E-state index in [2.05, 4.69) is 43.4 Å². The van der Waals surface area contributed by atoms with Gasteiger partial charge in [-0.05, 0) is 30.7 Å². The van der Waals surface area contributed by atoms with Crippen molar-refractivity contribution in [2.45, 2.75) is 19.8 Å². The van der Waals surface area contributed by atoms with Crippen LogP contribution in [0.4, 0.5) is 10.8 Å². The lowest BCUT2D eigenvalue weighted by Gasteiger charge is -2.28. The average Bonchev–Trinajstić information content (AvgIpc) is 3.28. The Morgan fingerprint density at radius 3 is 2.90 bits per heavy atom. The van der Waals surface area contributed by atoms with E-state index in [1.807, 2.05) is 30.3 Å². The maximum atomic E-state index is 5.94. The van der Waals surface area contributed by atoms with Crippen LogP contribution >= 0.6 is 11.3 Å². The van der Waals surface area contributed by atoms with E-state index in [9.17, 15) is 0 Å². The number of thiophene rings is 1. The third kappa shape index (κ3) is 6.22. The molecule has 4 rings (SSSR count). The highest BCUT2D eigenvalue weighted by Crippen LogP contribution is 2.22. The van der Waals surface area contributed by atoms with E-state index in [-0.39, 0.29) is 0 Å². The molecule has 0 spiro atoms. The molecule has 8 nitrogen and oxygen atoms in total. The highest BCUT2D eigenvalue weighted by molar-refractivity contribution is 7.16.